The van der Waals surface area contributed by atoms with Crippen LogP contribution in [0.25, 0.3) is 0 Å². The van der Waals surface area contributed by atoms with E-state index in [1.54, 1.807) is 0 Å². The van der Waals surface area contributed by atoms with E-state index in [0.29, 0.717) is 0 Å². The fraction of sp³-hybridized carbons (Fsp3) is 0.500. The maximum atomic E-state index is 10.9. The number of ether oxygens (including phenoxy) is 1. The van der Waals surface area contributed by atoms with Gasteiger partial charge in [-0.25, -0.2) is 0 Å². The smallest absolute Gasteiger partial charge is 0.279 e. The summed E-state index contributed by atoms with van der Waals surface area (Å²) in [5.41, 5.74) is 0. The van der Waals surface area contributed by atoms with Gasteiger partial charge in [0.15, 0.2) is 0 Å². The lowest BCUT2D eigenvalue weighted by Gasteiger charge is -2.01. The van der Waals surface area contributed by atoms with Gasteiger partial charge in [-0.2, -0.15) is 0 Å². The summed E-state index contributed by atoms with van der Waals surface area (Å²) in [5.74, 6) is 1.43. The summed E-state index contributed by atoms with van der Waals surface area (Å²) in [7, 11) is 0. The van der Waals surface area contributed by atoms with Crippen molar-refractivity contribution in [1.82, 2.24) is 0 Å². The summed E-state index contributed by atoms with van der Waals surface area (Å²) >= 11 is 0. The summed E-state index contributed by atoms with van der Waals surface area (Å²) in [6.07, 6.45) is 1.38. The molecule has 0 aromatic rings. The van der Waals surface area contributed by atoms with E-state index in [2.05, 4.69) is 4.74 Å². The van der Waals surface area contributed by atoms with Crippen LogP contribution in [0.4, 0.5) is 13.2 Å². The summed E-state index contributed by atoms with van der Waals surface area (Å²) in [4.78, 5) is 0. The van der Waals surface area contributed by atoms with Crippen molar-refractivity contribution < 1.29 is 17.9 Å². The third kappa shape index (κ3) is 5.31. The van der Waals surface area contributed by atoms with Crippen molar-refractivity contribution in [3.05, 3.63) is 6.42 Å². The minimum Gasteiger partial charge on any atom is -0.279 e. The van der Waals surface area contributed by atoms with E-state index in [1.165, 1.54) is 5.92 Å². The highest BCUT2D eigenvalue weighted by Gasteiger charge is 2.28. The van der Waals surface area contributed by atoms with Crippen LogP contribution in [0.2, 0.25) is 0 Å². The number of hydrogen-bond acceptors (Lipinski definition) is 1. The Kier molecular flexibility index (Phi) is 2.35. The van der Waals surface area contributed by atoms with Crippen molar-refractivity contribution in [2.24, 2.45) is 0 Å². The molecule has 0 aromatic heterocycles. The van der Waals surface area contributed by atoms with E-state index < -0.39 is 13.0 Å². The highest BCUT2D eigenvalue weighted by atomic mass is 19.4. The molecule has 0 heterocycles. The molecular formula is C4H2F3O. The van der Waals surface area contributed by atoms with E-state index in [1.807, 2.05) is 0 Å². The Morgan fingerprint density at radius 3 is 2.12 bits per heavy atom. The number of halogens is 3. The van der Waals surface area contributed by atoms with Gasteiger partial charge in [0.2, 0.25) is 0 Å². The standard InChI is InChI=1S/C4H2F3O/c1-2-3-8-4(5,6)7/h3H2. The molecule has 0 N–H and O–H groups in total. The molecule has 0 saturated heterocycles. The first-order valence-corrected chi connectivity index (χ1v) is 1.66. The average molecular weight is 123 g/mol. The summed E-state index contributed by atoms with van der Waals surface area (Å²) in [5, 5.41) is 0. The molecule has 4 heteroatoms. The highest BCUT2D eigenvalue weighted by Crippen LogP contribution is 2.14. The lowest BCUT2D eigenvalue weighted by Crippen LogP contribution is -2.12. The van der Waals surface area contributed by atoms with E-state index in [9.17, 15) is 13.2 Å². The molecule has 1 radical (unpaired) electrons. The quantitative estimate of drug-likeness (QED) is 0.474. The highest BCUT2D eigenvalue weighted by molar-refractivity contribution is 4.73. The molecule has 0 atom stereocenters. The molecule has 0 aromatic carbocycles. The van der Waals surface area contributed by atoms with Crippen molar-refractivity contribution in [3.63, 3.8) is 0 Å². The van der Waals surface area contributed by atoms with Crippen LogP contribution in [0.15, 0.2) is 0 Å². The molecule has 1 nitrogen and oxygen atoms in total. The molecule has 0 fully saturated rings. The summed E-state index contributed by atoms with van der Waals surface area (Å²) in [6.45, 7) is -0.830. The second kappa shape index (κ2) is 2.58. The SMILES string of the molecule is [C]#CCOC(F)(F)F. The largest absolute Gasteiger partial charge is 0.523 e. The predicted octanol–water partition coefficient (Wildman–Crippen LogP) is 1.11. The van der Waals surface area contributed by atoms with Crippen molar-refractivity contribution in [3.8, 4) is 5.92 Å². The fourth-order valence-corrected chi connectivity index (χ4v) is 0.118. The molecule has 0 aliphatic rings. The van der Waals surface area contributed by atoms with Crippen molar-refractivity contribution >= 4 is 0 Å². The maximum Gasteiger partial charge on any atom is 0.523 e. The Morgan fingerprint density at radius 2 is 2.00 bits per heavy atom. The van der Waals surface area contributed by atoms with E-state index in [4.69, 9.17) is 6.42 Å². The van der Waals surface area contributed by atoms with Gasteiger partial charge >= 0.3 is 6.36 Å². The van der Waals surface area contributed by atoms with Crippen LogP contribution in [0.1, 0.15) is 0 Å². The Hall–Kier alpha value is -0.690. The molecule has 8 heavy (non-hydrogen) atoms. The van der Waals surface area contributed by atoms with Crippen molar-refractivity contribution in [2.45, 2.75) is 6.36 Å². The van der Waals surface area contributed by atoms with Gasteiger partial charge in [0.1, 0.15) is 6.61 Å². The zero-order chi connectivity index (χ0) is 6.62. The van der Waals surface area contributed by atoms with Crippen LogP contribution < -0.4 is 0 Å². The van der Waals surface area contributed by atoms with Gasteiger partial charge in [0.05, 0.1) is 0 Å². The lowest BCUT2D eigenvalue weighted by molar-refractivity contribution is -0.318. The normalized spacial score (nSPS) is 10.8. The summed E-state index contributed by atoms with van der Waals surface area (Å²) < 4.78 is 35.8. The second-order valence-corrected chi connectivity index (χ2v) is 0.911. The van der Waals surface area contributed by atoms with Gasteiger partial charge in [-0.1, -0.05) is 5.92 Å². The van der Waals surface area contributed by atoms with Gasteiger partial charge in [-0.15, -0.1) is 13.2 Å². The summed E-state index contributed by atoms with van der Waals surface area (Å²) in [6, 6.07) is 0. The molecule has 0 aliphatic heterocycles. The van der Waals surface area contributed by atoms with Crippen LogP contribution in [0.3, 0.4) is 0 Å². The molecule has 0 spiro atoms. The van der Waals surface area contributed by atoms with Crippen LogP contribution in [-0.4, -0.2) is 13.0 Å². The number of alkyl halides is 3. The first-order valence-electron chi connectivity index (χ1n) is 1.66. The minimum atomic E-state index is -4.63. The zero-order valence-corrected chi connectivity index (χ0v) is 3.75. The van der Waals surface area contributed by atoms with Gasteiger partial charge in [-0.3, -0.25) is 4.74 Å². The minimum absolute atomic E-state index is 0.830. The third-order valence-corrected chi connectivity index (χ3v) is 0.308. The zero-order valence-electron chi connectivity index (χ0n) is 3.75. The second-order valence-electron chi connectivity index (χ2n) is 0.911. The Labute approximate surface area is 44.4 Å². The first kappa shape index (κ1) is 7.31. The first-order chi connectivity index (χ1) is 3.56. The molecule has 0 rings (SSSR count). The van der Waals surface area contributed by atoms with Gasteiger partial charge in [0, 0.05) is 0 Å². The van der Waals surface area contributed by atoms with Crippen molar-refractivity contribution in [2.75, 3.05) is 6.61 Å². The average Bonchev–Trinajstić information content (AvgIpc) is 1.59. The predicted molar refractivity (Wildman–Crippen MR) is 19.1 cm³/mol. The fourth-order valence-electron chi connectivity index (χ4n) is 0.118. The number of hydrogen-bond donors (Lipinski definition) is 0. The topological polar surface area (TPSA) is 9.23 Å². The third-order valence-electron chi connectivity index (χ3n) is 0.308. The molecular weight excluding hydrogens is 121 g/mol. The van der Waals surface area contributed by atoms with Crippen LogP contribution in [0.5, 0.6) is 0 Å². The van der Waals surface area contributed by atoms with E-state index >= 15 is 0 Å². The number of rotatable bonds is 1. The van der Waals surface area contributed by atoms with Crippen LogP contribution >= 0.6 is 0 Å². The van der Waals surface area contributed by atoms with Gasteiger partial charge < -0.3 is 0 Å². The Morgan fingerprint density at radius 1 is 1.50 bits per heavy atom. The van der Waals surface area contributed by atoms with E-state index in [0.717, 1.165) is 0 Å². The maximum absolute atomic E-state index is 10.9. The van der Waals surface area contributed by atoms with E-state index in [-0.39, 0.29) is 0 Å². The molecule has 0 aliphatic carbocycles. The van der Waals surface area contributed by atoms with Crippen LogP contribution in [-0.2, 0) is 4.74 Å². The Bertz CT molecular complexity index is 98.8. The monoisotopic (exact) mass is 123 g/mol. The molecule has 0 amide bonds. The van der Waals surface area contributed by atoms with Gasteiger partial charge in [-0.05, 0) is 6.42 Å². The Balaban J connectivity index is 3.28. The van der Waals surface area contributed by atoms with Crippen molar-refractivity contribution in [1.29, 1.82) is 0 Å². The molecule has 0 saturated carbocycles. The lowest BCUT2D eigenvalue weighted by atomic mass is 10.8. The van der Waals surface area contributed by atoms with Gasteiger partial charge in [0.25, 0.3) is 0 Å². The molecule has 0 unspecified atom stereocenters. The molecule has 0 bridgehead atoms. The molecule has 45 valence electrons. The van der Waals surface area contributed by atoms with Crippen LogP contribution in [0, 0.1) is 12.3 Å².